The van der Waals surface area contributed by atoms with Crippen molar-refractivity contribution >= 4 is 15.9 Å². The van der Waals surface area contributed by atoms with Crippen LogP contribution in [0.5, 0.6) is 5.75 Å². The summed E-state index contributed by atoms with van der Waals surface area (Å²) < 4.78 is 12.8. The van der Waals surface area contributed by atoms with Crippen LogP contribution in [0.1, 0.15) is 37.0 Å². The third kappa shape index (κ3) is 4.86. The Kier molecular flexibility index (Phi) is 6.13. The Labute approximate surface area is 198 Å². The van der Waals surface area contributed by atoms with Gasteiger partial charge in [0.2, 0.25) is 0 Å². The Balaban J connectivity index is 1.69. The second kappa shape index (κ2) is 8.87. The van der Waals surface area contributed by atoms with E-state index in [1.54, 1.807) is 62.0 Å². The molecule has 4 aromatic heterocycles. The minimum Gasteiger partial charge on any atom is -0.486 e. The molecule has 0 amide bonds. The molecule has 0 fully saturated rings. The van der Waals surface area contributed by atoms with Crippen LogP contribution in [-0.4, -0.2) is 29.6 Å². The summed E-state index contributed by atoms with van der Waals surface area (Å²) in [6, 6.07) is 6.97. The van der Waals surface area contributed by atoms with E-state index < -0.39 is 5.60 Å². The molecule has 0 unspecified atom stereocenters. The average molecular weight is 512 g/mol. The molecule has 170 valence electrons. The van der Waals surface area contributed by atoms with Crippen LogP contribution in [0, 0.1) is 13.8 Å². The van der Waals surface area contributed by atoms with E-state index in [1.165, 1.54) is 6.26 Å². The van der Waals surface area contributed by atoms with Crippen LogP contribution in [0.4, 0.5) is 0 Å². The zero-order valence-electron chi connectivity index (χ0n) is 18.5. The average Bonchev–Trinajstić information content (AvgIpc) is 3.20. The van der Waals surface area contributed by atoms with Crippen molar-refractivity contribution in [2.24, 2.45) is 0 Å². The van der Waals surface area contributed by atoms with E-state index in [9.17, 15) is 9.90 Å². The molecule has 4 heterocycles. The van der Waals surface area contributed by atoms with Crippen molar-refractivity contribution in [2.75, 3.05) is 0 Å². The molecule has 4 rings (SSSR count). The predicted octanol–water partition coefficient (Wildman–Crippen LogP) is 3.86. The van der Waals surface area contributed by atoms with Crippen molar-refractivity contribution in [2.45, 2.75) is 39.9 Å². The van der Waals surface area contributed by atoms with Gasteiger partial charge in [0.1, 0.15) is 34.4 Å². The van der Waals surface area contributed by atoms with Crippen LogP contribution >= 0.6 is 15.9 Å². The molecule has 0 radical (unpaired) electrons. The van der Waals surface area contributed by atoms with Gasteiger partial charge in [0.15, 0.2) is 11.7 Å². The number of hydrogen-bond acceptors (Lipinski definition) is 8. The lowest BCUT2D eigenvalue weighted by Gasteiger charge is -2.16. The van der Waals surface area contributed by atoms with Crippen LogP contribution in [-0.2, 0) is 12.2 Å². The molecule has 0 aliphatic heterocycles. The van der Waals surface area contributed by atoms with Gasteiger partial charge in [-0.05, 0) is 54.9 Å². The topological polar surface area (TPSA) is 116 Å². The highest BCUT2D eigenvalue weighted by molar-refractivity contribution is 9.10. The molecule has 0 atom stereocenters. The van der Waals surface area contributed by atoms with Crippen molar-refractivity contribution in [1.29, 1.82) is 0 Å². The zero-order valence-corrected chi connectivity index (χ0v) is 20.1. The van der Waals surface area contributed by atoms with Crippen LogP contribution in [0.25, 0.3) is 17.1 Å². The molecule has 10 heteroatoms. The summed E-state index contributed by atoms with van der Waals surface area (Å²) in [4.78, 5) is 30.3. The molecule has 9 nitrogen and oxygen atoms in total. The van der Waals surface area contributed by atoms with E-state index in [0.717, 1.165) is 0 Å². The molecular weight excluding hydrogens is 490 g/mol. The highest BCUT2D eigenvalue weighted by Gasteiger charge is 2.21. The maximum Gasteiger partial charge on any atom is 0.273 e. The quantitative estimate of drug-likeness (QED) is 0.414. The third-order valence-corrected chi connectivity index (χ3v) is 5.54. The number of oxazole rings is 1. The second-order valence-electron chi connectivity index (χ2n) is 7.97. The molecule has 0 aliphatic rings. The van der Waals surface area contributed by atoms with E-state index in [4.69, 9.17) is 9.15 Å². The van der Waals surface area contributed by atoms with E-state index >= 15 is 0 Å². The van der Waals surface area contributed by atoms with Gasteiger partial charge in [-0.25, -0.2) is 15.0 Å². The van der Waals surface area contributed by atoms with Gasteiger partial charge in [-0.1, -0.05) is 0 Å². The summed E-state index contributed by atoms with van der Waals surface area (Å²) in [5, 5.41) is 10.2. The van der Waals surface area contributed by atoms with Gasteiger partial charge < -0.3 is 14.3 Å². The second-order valence-corrected chi connectivity index (χ2v) is 8.77. The minimum atomic E-state index is -1.19. The first-order chi connectivity index (χ1) is 15.6. The van der Waals surface area contributed by atoms with Crippen LogP contribution in [0.15, 0.2) is 56.6 Å². The molecule has 33 heavy (non-hydrogen) atoms. The van der Waals surface area contributed by atoms with Crippen LogP contribution in [0.3, 0.4) is 0 Å². The highest BCUT2D eigenvalue weighted by atomic mass is 79.9. The zero-order chi connectivity index (χ0) is 23.8. The van der Waals surface area contributed by atoms with Crippen LogP contribution in [0.2, 0.25) is 0 Å². The first kappa shape index (κ1) is 22.8. The number of nitrogens with zero attached hydrogens (tertiary/aromatic N) is 5. The van der Waals surface area contributed by atoms with Gasteiger partial charge in [-0.15, -0.1) is 0 Å². The lowest BCUT2D eigenvalue weighted by atomic mass is 10.1. The summed E-state index contributed by atoms with van der Waals surface area (Å²) in [6.07, 6.45) is 4.69. The van der Waals surface area contributed by atoms with Crippen molar-refractivity contribution in [3.8, 4) is 22.8 Å². The maximum atomic E-state index is 13.2. The smallest absolute Gasteiger partial charge is 0.273 e. The third-order valence-electron chi connectivity index (χ3n) is 4.81. The van der Waals surface area contributed by atoms with E-state index in [1.807, 2.05) is 6.92 Å². The van der Waals surface area contributed by atoms with Crippen LogP contribution < -0.4 is 10.3 Å². The fourth-order valence-corrected chi connectivity index (χ4v) is 3.63. The molecule has 4 aromatic rings. The first-order valence-corrected chi connectivity index (χ1v) is 10.9. The number of hydrogen-bond donors (Lipinski definition) is 1. The molecule has 0 saturated heterocycles. The molecule has 1 N–H and O–H groups in total. The van der Waals surface area contributed by atoms with Gasteiger partial charge in [0, 0.05) is 31.1 Å². The lowest BCUT2D eigenvalue weighted by Crippen LogP contribution is -2.22. The number of pyridine rings is 2. The summed E-state index contributed by atoms with van der Waals surface area (Å²) in [7, 11) is 0. The number of rotatable bonds is 6. The predicted molar refractivity (Wildman–Crippen MR) is 124 cm³/mol. The van der Waals surface area contributed by atoms with Gasteiger partial charge in [-0.2, -0.15) is 0 Å². The molecule has 0 spiro atoms. The summed E-state index contributed by atoms with van der Waals surface area (Å²) in [5.74, 6) is 1.24. The van der Waals surface area contributed by atoms with Crippen molar-refractivity contribution in [1.82, 2.24) is 24.5 Å². The fourth-order valence-electron chi connectivity index (χ4n) is 3.23. The van der Waals surface area contributed by atoms with E-state index in [0.29, 0.717) is 40.1 Å². The monoisotopic (exact) mass is 511 g/mol. The number of halogens is 1. The minimum absolute atomic E-state index is 0.176. The Hall–Kier alpha value is -3.37. The number of aryl methyl sites for hydroxylation is 2. The van der Waals surface area contributed by atoms with Crippen molar-refractivity contribution in [3.05, 3.63) is 80.9 Å². The van der Waals surface area contributed by atoms with Crippen molar-refractivity contribution < 1.29 is 14.3 Å². The van der Waals surface area contributed by atoms with E-state index in [2.05, 4.69) is 35.9 Å². The molecule has 0 aliphatic carbocycles. The van der Waals surface area contributed by atoms with Gasteiger partial charge in [-0.3, -0.25) is 14.3 Å². The normalized spacial score (nSPS) is 11.6. The summed E-state index contributed by atoms with van der Waals surface area (Å²) >= 11 is 3.37. The molecule has 0 aromatic carbocycles. The van der Waals surface area contributed by atoms with Crippen molar-refractivity contribution in [3.63, 3.8) is 0 Å². The lowest BCUT2D eigenvalue weighted by molar-refractivity contribution is 0.0688. The van der Waals surface area contributed by atoms with Gasteiger partial charge in [0.25, 0.3) is 5.56 Å². The van der Waals surface area contributed by atoms with Gasteiger partial charge >= 0.3 is 0 Å². The highest BCUT2D eigenvalue weighted by Crippen LogP contribution is 2.26. The Morgan fingerprint density at radius 1 is 1.12 bits per heavy atom. The Morgan fingerprint density at radius 3 is 2.58 bits per heavy atom. The molecule has 0 bridgehead atoms. The fraction of sp³-hybridized carbons (Fsp3) is 0.261. The van der Waals surface area contributed by atoms with E-state index in [-0.39, 0.29) is 22.5 Å². The number of aliphatic hydroxyl groups is 1. The van der Waals surface area contributed by atoms with Gasteiger partial charge in [0.05, 0.1) is 17.1 Å². The summed E-state index contributed by atoms with van der Waals surface area (Å²) in [5.41, 5.74) is 1.54. The molecular formula is C23H22BrN5O4. The Bertz CT molecular complexity index is 1370. The number of aromatic nitrogens is 5. The molecule has 0 saturated carbocycles. The SMILES string of the molecule is Cc1nc(COc2cc(C)n(-c3ccnc(-c4ccnc(C(C)(C)O)n4)c3)c(=O)c2Br)co1. The number of ether oxygens (including phenoxy) is 1. The Morgan fingerprint density at radius 2 is 1.88 bits per heavy atom. The summed E-state index contributed by atoms with van der Waals surface area (Å²) in [6.45, 7) is 6.97. The standard InChI is InChI=1S/C23H22BrN5O4/c1-13-9-19(33-12-15-11-32-14(2)27-15)20(24)21(30)29(13)16-5-7-25-18(10-16)17-6-8-26-22(28-17)23(3,4)31/h5-11,31H,12H2,1-4H3. The first-order valence-electron chi connectivity index (χ1n) is 10.1. The maximum absolute atomic E-state index is 13.2. The largest absolute Gasteiger partial charge is 0.486 e.